The van der Waals surface area contributed by atoms with Crippen LogP contribution in [0.25, 0.3) is 0 Å². The van der Waals surface area contributed by atoms with E-state index < -0.39 is 12.0 Å². The third-order valence-electron chi connectivity index (χ3n) is 3.09. The number of carboxylic acid groups (broad SMARTS) is 1. The van der Waals surface area contributed by atoms with Crippen LogP contribution in [0.4, 0.5) is 0 Å². The number of aliphatic carboxylic acids is 1. The van der Waals surface area contributed by atoms with Crippen LogP contribution in [0.15, 0.2) is 0 Å². The SMILES string of the molecule is O=C(O)C1CNCCN1C(=O)C1CCSC1. The van der Waals surface area contributed by atoms with E-state index in [0.717, 1.165) is 17.9 Å². The Kier molecular flexibility index (Phi) is 3.70. The van der Waals surface area contributed by atoms with Gasteiger partial charge in [0.25, 0.3) is 0 Å². The molecule has 2 heterocycles. The monoisotopic (exact) mass is 244 g/mol. The van der Waals surface area contributed by atoms with Crippen LogP contribution >= 0.6 is 11.8 Å². The maximum absolute atomic E-state index is 12.1. The van der Waals surface area contributed by atoms with Crippen LogP contribution in [0.5, 0.6) is 0 Å². The lowest BCUT2D eigenvalue weighted by Gasteiger charge is -2.35. The zero-order chi connectivity index (χ0) is 11.5. The molecule has 2 aliphatic rings. The minimum Gasteiger partial charge on any atom is -0.480 e. The van der Waals surface area contributed by atoms with Crippen molar-refractivity contribution >= 4 is 23.6 Å². The number of carboxylic acids is 1. The lowest BCUT2D eigenvalue weighted by molar-refractivity contribution is -0.152. The summed E-state index contributed by atoms with van der Waals surface area (Å²) in [6.45, 7) is 1.56. The van der Waals surface area contributed by atoms with Crippen LogP contribution in [0.2, 0.25) is 0 Å². The van der Waals surface area contributed by atoms with Gasteiger partial charge in [-0.15, -0.1) is 0 Å². The summed E-state index contributed by atoms with van der Waals surface area (Å²) in [5.74, 6) is 1.00. The first-order valence-corrected chi connectivity index (χ1v) is 6.67. The number of carbonyl (C=O) groups is 2. The van der Waals surface area contributed by atoms with Gasteiger partial charge in [-0.05, 0) is 12.2 Å². The van der Waals surface area contributed by atoms with Gasteiger partial charge in [0.2, 0.25) is 5.91 Å². The zero-order valence-corrected chi connectivity index (χ0v) is 9.83. The number of nitrogens with zero attached hydrogens (tertiary/aromatic N) is 1. The van der Waals surface area contributed by atoms with E-state index in [1.807, 2.05) is 0 Å². The van der Waals surface area contributed by atoms with Crippen LogP contribution in [-0.2, 0) is 9.59 Å². The molecule has 2 saturated heterocycles. The van der Waals surface area contributed by atoms with Crippen molar-refractivity contribution < 1.29 is 14.7 Å². The van der Waals surface area contributed by atoms with Gasteiger partial charge in [0.15, 0.2) is 0 Å². The van der Waals surface area contributed by atoms with Crippen molar-refractivity contribution in [2.24, 2.45) is 5.92 Å². The minimum absolute atomic E-state index is 0.0268. The molecule has 2 fully saturated rings. The van der Waals surface area contributed by atoms with Gasteiger partial charge >= 0.3 is 5.97 Å². The molecule has 2 rings (SSSR count). The van der Waals surface area contributed by atoms with E-state index in [1.165, 1.54) is 4.90 Å². The molecule has 0 bridgehead atoms. The smallest absolute Gasteiger partial charge is 0.327 e. The van der Waals surface area contributed by atoms with Gasteiger partial charge in [-0.25, -0.2) is 4.79 Å². The second-order valence-corrected chi connectivity index (χ2v) is 5.30. The fraction of sp³-hybridized carbons (Fsp3) is 0.800. The molecule has 1 amide bonds. The summed E-state index contributed by atoms with van der Waals surface area (Å²) < 4.78 is 0. The molecule has 2 aliphatic heterocycles. The number of rotatable bonds is 2. The van der Waals surface area contributed by atoms with E-state index in [4.69, 9.17) is 5.11 Å². The molecule has 6 heteroatoms. The molecule has 2 atom stereocenters. The van der Waals surface area contributed by atoms with Crippen molar-refractivity contribution in [3.63, 3.8) is 0 Å². The first-order valence-electron chi connectivity index (χ1n) is 5.52. The van der Waals surface area contributed by atoms with Crippen LogP contribution in [0, 0.1) is 5.92 Å². The van der Waals surface area contributed by atoms with Crippen molar-refractivity contribution in [2.45, 2.75) is 12.5 Å². The maximum atomic E-state index is 12.1. The Balaban J connectivity index is 2.04. The summed E-state index contributed by atoms with van der Waals surface area (Å²) in [4.78, 5) is 24.7. The molecular weight excluding hydrogens is 228 g/mol. The standard InChI is InChI=1S/C10H16N2O3S/c13-9(7-1-4-16-6-7)12-3-2-11-5-8(12)10(14)15/h7-8,11H,1-6H2,(H,14,15). The van der Waals surface area contributed by atoms with Gasteiger partial charge < -0.3 is 15.3 Å². The molecule has 0 saturated carbocycles. The molecule has 0 radical (unpaired) electrons. The fourth-order valence-electron chi connectivity index (χ4n) is 2.15. The molecular formula is C10H16N2O3S. The van der Waals surface area contributed by atoms with Crippen molar-refractivity contribution in [2.75, 3.05) is 31.1 Å². The Morgan fingerprint density at radius 2 is 2.25 bits per heavy atom. The highest BCUT2D eigenvalue weighted by Crippen LogP contribution is 2.26. The van der Waals surface area contributed by atoms with Gasteiger partial charge in [0.1, 0.15) is 6.04 Å². The van der Waals surface area contributed by atoms with Gasteiger partial charge in [0.05, 0.1) is 0 Å². The summed E-state index contributed by atoms with van der Waals surface area (Å²) in [6, 6.07) is -0.688. The summed E-state index contributed by atoms with van der Waals surface area (Å²) in [5, 5.41) is 12.1. The van der Waals surface area contributed by atoms with Crippen LogP contribution in [0.1, 0.15) is 6.42 Å². The van der Waals surface area contributed by atoms with E-state index in [0.29, 0.717) is 19.6 Å². The molecule has 90 valence electrons. The average molecular weight is 244 g/mol. The van der Waals surface area contributed by atoms with Gasteiger partial charge in [-0.3, -0.25) is 4.79 Å². The van der Waals surface area contributed by atoms with E-state index in [-0.39, 0.29) is 11.8 Å². The molecule has 0 spiro atoms. The van der Waals surface area contributed by atoms with Crippen LogP contribution in [0.3, 0.4) is 0 Å². The summed E-state index contributed by atoms with van der Waals surface area (Å²) in [7, 11) is 0. The highest BCUT2D eigenvalue weighted by Gasteiger charge is 2.36. The predicted octanol–water partition coefficient (Wildman–Crippen LogP) is -0.375. The fourth-order valence-corrected chi connectivity index (χ4v) is 3.36. The quantitative estimate of drug-likeness (QED) is 0.693. The number of thioether (sulfide) groups is 1. The number of piperazine rings is 1. The Morgan fingerprint density at radius 1 is 1.44 bits per heavy atom. The van der Waals surface area contributed by atoms with E-state index in [1.54, 1.807) is 11.8 Å². The number of amides is 1. The van der Waals surface area contributed by atoms with Crippen molar-refractivity contribution in [1.29, 1.82) is 0 Å². The molecule has 2 unspecified atom stereocenters. The van der Waals surface area contributed by atoms with Crippen molar-refractivity contribution in [1.82, 2.24) is 10.2 Å². The second kappa shape index (κ2) is 5.05. The summed E-state index contributed by atoms with van der Waals surface area (Å²) in [6.07, 6.45) is 0.889. The van der Waals surface area contributed by atoms with Crippen molar-refractivity contribution in [3.05, 3.63) is 0 Å². The van der Waals surface area contributed by atoms with Crippen LogP contribution < -0.4 is 5.32 Å². The molecule has 5 nitrogen and oxygen atoms in total. The third-order valence-corrected chi connectivity index (χ3v) is 4.25. The lowest BCUT2D eigenvalue weighted by atomic mass is 10.0. The topological polar surface area (TPSA) is 69.6 Å². The van der Waals surface area contributed by atoms with Gasteiger partial charge in [-0.2, -0.15) is 11.8 Å². The van der Waals surface area contributed by atoms with E-state index >= 15 is 0 Å². The lowest BCUT2D eigenvalue weighted by Crippen LogP contribution is -2.58. The molecule has 0 aromatic rings. The second-order valence-electron chi connectivity index (χ2n) is 4.15. The number of carbonyl (C=O) groups excluding carboxylic acids is 1. The Labute approximate surface area is 98.6 Å². The van der Waals surface area contributed by atoms with Crippen LogP contribution in [-0.4, -0.2) is 59.1 Å². The predicted molar refractivity (Wildman–Crippen MR) is 61.4 cm³/mol. The number of hydrogen-bond donors (Lipinski definition) is 2. The first kappa shape index (κ1) is 11.7. The van der Waals surface area contributed by atoms with Crippen molar-refractivity contribution in [3.8, 4) is 0 Å². The maximum Gasteiger partial charge on any atom is 0.327 e. The Morgan fingerprint density at radius 3 is 2.88 bits per heavy atom. The molecule has 0 aliphatic carbocycles. The first-order chi connectivity index (χ1) is 7.70. The van der Waals surface area contributed by atoms with E-state index in [9.17, 15) is 9.59 Å². The summed E-state index contributed by atoms with van der Waals surface area (Å²) >= 11 is 1.77. The average Bonchev–Trinajstić information content (AvgIpc) is 2.81. The highest BCUT2D eigenvalue weighted by atomic mass is 32.2. The Bertz CT molecular complexity index is 292. The van der Waals surface area contributed by atoms with Gasteiger partial charge in [0, 0.05) is 31.3 Å². The normalized spacial score (nSPS) is 30.4. The molecule has 0 aromatic carbocycles. The third kappa shape index (κ3) is 2.32. The molecule has 16 heavy (non-hydrogen) atoms. The van der Waals surface area contributed by atoms with E-state index in [2.05, 4.69) is 5.32 Å². The number of hydrogen-bond acceptors (Lipinski definition) is 4. The zero-order valence-electron chi connectivity index (χ0n) is 9.02. The Hall–Kier alpha value is -0.750. The highest BCUT2D eigenvalue weighted by molar-refractivity contribution is 7.99. The molecule has 2 N–H and O–H groups in total. The molecule has 0 aromatic heterocycles. The largest absolute Gasteiger partial charge is 0.480 e. The van der Waals surface area contributed by atoms with Gasteiger partial charge in [-0.1, -0.05) is 0 Å². The number of nitrogens with one attached hydrogen (secondary N) is 1. The summed E-state index contributed by atoms with van der Waals surface area (Å²) in [5.41, 5.74) is 0. The minimum atomic E-state index is -0.911.